The monoisotopic (exact) mass is 341 g/mol. The van der Waals surface area contributed by atoms with Crippen molar-refractivity contribution in [3.63, 3.8) is 0 Å². The predicted molar refractivity (Wildman–Crippen MR) is 92.2 cm³/mol. The Balaban J connectivity index is 2.59. The number of halogens is 1. The predicted octanol–water partition coefficient (Wildman–Crippen LogP) is 3.17. The van der Waals surface area contributed by atoms with Gasteiger partial charge in [-0.1, -0.05) is 18.5 Å². The van der Waals surface area contributed by atoms with E-state index in [2.05, 4.69) is 16.0 Å². The number of carbonyl (C=O) groups excluding carboxylic acids is 2. The summed E-state index contributed by atoms with van der Waals surface area (Å²) in [7, 11) is 0. The Morgan fingerprint density at radius 2 is 1.96 bits per heavy atom. The Morgan fingerprint density at radius 3 is 2.57 bits per heavy atom. The quantitative estimate of drug-likeness (QED) is 0.743. The molecule has 0 saturated heterocycles. The minimum atomic E-state index is -0.502. The number of amides is 3. The summed E-state index contributed by atoms with van der Waals surface area (Å²) < 4.78 is 5.55. The summed E-state index contributed by atoms with van der Waals surface area (Å²) in [4.78, 5) is 23.6. The first-order chi connectivity index (χ1) is 10.7. The van der Waals surface area contributed by atoms with E-state index in [-0.39, 0.29) is 18.0 Å². The molecule has 0 bridgehead atoms. The van der Waals surface area contributed by atoms with Gasteiger partial charge in [0.05, 0.1) is 18.8 Å². The summed E-state index contributed by atoms with van der Waals surface area (Å²) in [5.74, 6) is 0.270. The van der Waals surface area contributed by atoms with Gasteiger partial charge in [0.2, 0.25) is 5.91 Å². The first kappa shape index (κ1) is 19.1. The molecule has 0 aliphatic carbocycles. The van der Waals surface area contributed by atoms with Crippen molar-refractivity contribution in [3.05, 3.63) is 23.2 Å². The molecule has 0 atom stereocenters. The van der Waals surface area contributed by atoms with Crippen molar-refractivity contribution in [1.29, 1.82) is 0 Å². The van der Waals surface area contributed by atoms with Crippen LogP contribution in [0.2, 0.25) is 5.02 Å². The molecule has 128 valence electrons. The van der Waals surface area contributed by atoms with Gasteiger partial charge in [0.1, 0.15) is 5.75 Å². The van der Waals surface area contributed by atoms with Crippen LogP contribution in [0.3, 0.4) is 0 Å². The molecule has 1 aromatic carbocycles. The zero-order valence-electron chi connectivity index (χ0n) is 14.0. The third-order valence-electron chi connectivity index (χ3n) is 2.58. The molecule has 1 rings (SSSR count). The summed E-state index contributed by atoms with van der Waals surface area (Å²) in [6.07, 6.45) is 0.848. The molecule has 3 N–H and O–H groups in total. The van der Waals surface area contributed by atoms with Crippen LogP contribution >= 0.6 is 11.6 Å². The van der Waals surface area contributed by atoms with Gasteiger partial charge in [-0.25, -0.2) is 4.79 Å². The van der Waals surface area contributed by atoms with E-state index in [1.807, 2.05) is 27.7 Å². The van der Waals surface area contributed by atoms with Crippen LogP contribution in [-0.4, -0.2) is 30.6 Å². The number of urea groups is 1. The van der Waals surface area contributed by atoms with E-state index in [0.717, 1.165) is 6.42 Å². The maximum absolute atomic E-state index is 11.9. The second-order valence-electron chi connectivity index (χ2n) is 6.09. The number of nitrogens with one attached hydrogen (secondary N) is 3. The summed E-state index contributed by atoms with van der Waals surface area (Å²) >= 11 is 5.94. The molecular formula is C16H24ClN3O3. The van der Waals surface area contributed by atoms with E-state index in [4.69, 9.17) is 16.3 Å². The van der Waals surface area contributed by atoms with Gasteiger partial charge in [-0.3, -0.25) is 4.79 Å². The number of anilines is 1. The van der Waals surface area contributed by atoms with Gasteiger partial charge in [0.15, 0.2) is 0 Å². The molecule has 0 aliphatic heterocycles. The lowest BCUT2D eigenvalue weighted by atomic mass is 10.1. The Bertz CT molecular complexity index is 556. The van der Waals surface area contributed by atoms with Crippen molar-refractivity contribution in [2.24, 2.45) is 0 Å². The number of rotatable bonds is 6. The van der Waals surface area contributed by atoms with Crippen molar-refractivity contribution in [3.8, 4) is 5.75 Å². The second kappa shape index (κ2) is 8.62. The van der Waals surface area contributed by atoms with Crippen molar-refractivity contribution in [2.45, 2.75) is 39.7 Å². The molecule has 7 heteroatoms. The number of ether oxygens (including phenoxy) is 1. The number of hydrogen-bond acceptors (Lipinski definition) is 3. The van der Waals surface area contributed by atoms with Crippen LogP contribution in [0.1, 0.15) is 34.1 Å². The summed E-state index contributed by atoms with van der Waals surface area (Å²) in [6.45, 7) is 8.02. The van der Waals surface area contributed by atoms with Crippen LogP contribution < -0.4 is 20.7 Å². The Hall–Kier alpha value is -1.95. The van der Waals surface area contributed by atoms with Crippen molar-refractivity contribution in [2.75, 3.05) is 18.5 Å². The van der Waals surface area contributed by atoms with Gasteiger partial charge < -0.3 is 20.7 Å². The van der Waals surface area contributed by atoms with Gasteiger partial charge in [0, 0.05) is 10.6 Å². The van der Waals surface area contributed by atoms with Crippen LogP contribution in [0.25, 0.3) is 0 Å². The van der Waals surface area contributed by atoms with Gasteiger partial charge in [-0.2, -0.15) is 0 Å². The molecule has 0 unspecified atom stereocenters. The highest BCUT2D eigenvalue weighted by molar-refractivity contribution is 6.31. The summed E-state index contributed by atoms with van der Waals surface area (Å²) in [5, 5.41) is 8.38. The zero-order valence-corrected chi connectivity index (χ0v) is 14.7. The van der Waals surface area contributed by atoms with Gasteiger partial charge in [-0.15, -0.1) is 0 Å². The van der Waals surface area contributed by atoms with E-state index < -0.39 is 6.03 Å². The SMILES string of the molecule is CCCOc1ccc(Cl)cc1NC(=O)NCC(=O)NC(C)(C)C. The molecular weight excluding hydrogens is 318 g/mol. The summed E-state index contributed by atoms with van der Waals surface area (Å²) in [5.41, 5.74) is 0.114. The van der Waals surface area contributed by atoms with Crippen LogP contribution in [0, 0.1) is 0 Å². The van der Waals surface area contributed by atoms with Gasteiger partial charge in [0.25, 0.3) is 0 Å². The zero-order chi connectivity index (χ0) is 17.5. The lowest BCUT2D eigenvalue weighted by Gasteiger charge is -2.20. The highest BCUT2D eigenvalue weighted by Crippen LogP contribution is 2.28. The van der Waals surface area contributed by atoms with Crippen LogP contribution in [0.4, 0.5) is 10.5 Å². The highest BCUT2D eigenvalue weighted by Gasteiger charge is 2.15. The number of hydrogen-bond donors (Lipinski definition) is 3. The molecule has 0 fully saturated rings. The lowest BCUT2D eigenvalue weighted by Crippen LogP contribution is -2.46. The molecule has 1 aromatic rings. The van der Waals surface area contributed by atoms with Crippen molar-refractivity contribution in [1.82, 2.24) is 10.6 Å². The standard InChI is InChI=1S/C16H24ClN3O3/c1-5-8-23-13-7-6-11(17)9-12(13)19-15(22)18-10-14(21)20-16(2,3)4/h6-7,9H,5,8,10H2,1-4H3,(H,20,21)(H2,18,19,22). The normalized spacial score (nSPS) is 10.8. The maximum atomic E-state index is 11.9. The molecule has 0 radical (unpaired) electrons. The summed E-state index contributed by atoms with van der Waals surface area (Å²) in [6, 6.07) is 4.48. The third kappa shape index (κ3) is 7.74. The Morgan fingerprint density at radius 1 is 1.26 bits per heavy atom. The Kier molecular flexibility index (Phi) is 7.16. The largest absolute Gasteiger partial charge is 0.491 e. The molecule has 3 amide bonds. The van der Waals surface area contributed by atoms with Gasteiger partial charge in [-0.05, 0) is 45.4 Å². The second-order valence-corrected chi connectivity index (χ2v) is 6.53. The first-order valence-electron chi connectivity index (χ1n) is 7.49. The number of benzene rings is 1. The topological polar surface area (TPSA) is 79.5 Å². The molecule has 23 heavy (non-hydrogen) atoms. The highest BCUT2D eigenvalue weighted by atomic mass is 35.5. The minimum absolute atomic E-state index is 0.116. The molecule has 0 saturated carbocycles. The van der Waals surface area contributed by atoms with Crippen molar-refractivity contribution >= 4 is 29.2 Å². The Labute approximate surface area is 141 Å². The fraction of sp³-hybridized carbons (Fsp3) is 0.500. The molecule has 0 aromatic heterocycles. The fourth-order valence-corrected chi connectivity index (χ4v) is 1.90. The van der Waals surface area contributed by atoms with E-state index in [1.54, 1.807) is 18.2 Å². The van der Waals surface area contributed by atoms with E-state index in [9.17, 15) is 9.59 Å². The van der Waals surface area contributed by atoms with Crippen LogP contribution in [-0.2, 0) is 4.79 Å². The van der Waals surface area contributed by atoms with E-state index in [0.29, 0.717) is 23.1 Å². The maximum Gasteiger partial charge on any atom is 0.319 e. The van der Waals surface area contributed by atoms with E-state index in [1.165, 1.54) is 0 Å². The molecule has 6 nitrogen and oxygen atoms in total. The molecule has 0 aliphatic rings. The van der Waals surface area contributed by atoms with E-state index >= 15 is 0 Å². The first-order valence-corrected chi connectivity index (χ1v) is 7.87. The third-order valence-corrected chi connectivity index (χ3v) is 2.81. The number of carbonyl (C=O) groups is 2. The molecule has 0 heterocycles. The van der Waals surface area contributed by atoms with Gasteiger partial charge >= 0.3 is 6.03 Å². The van der Waals surface area contributed by atoms with Crippen LogP contribution in [0.5, 0.6) is 5.75 Å². The average Bonchev–Trinajstić information content (AvgIpc) is 2.42. The molecule has 0 spiro atoms. The van der Waals surface area contributed by atoms with Crippen molar-refractivity contribution < 1.29 is 14.3 Å². The average molecular weight is 342 g/mol. The minimum Gasteiger partial charge on any atom is -0.491 e. The van der Waals surface area contributed by atoms with Crippen LogP contribution in [0.15, 0.2) is 18.2 Å². The smallest absolute Gasteiger partial charge is 0.319 e. The fourth-order valence-electron chi connectivity index (χ4n) is 1.73. The lowest BCUT2D eigenvalue weighted by molar-refractivity contribution is -0.121.